The Hall–Kier alpha value is -3.35. The molecule has 0 aromatic heterocycles. The van der Waals surface area contributed by atoms with E-state index < -0.39 is 22.7 Å². The summed E-state index contributed by atoms with van der Waals surface area (Å²) in [5.74, 6) is -2.14. The third kappa shape index (κ3) is 3.03. The molecule has 1 atom stereocenters. The summed E-state index contributed by atoms with van der Waals surface area (Å²) in [6, 6.07) is 8.80. The fraction of sp³-hybridized carbons (Fsp3) is 0.167. The van der Waals surface area contributed by atoms with Crippen molar-refractivity contribution >= 4 is 23.2 Å². The largest absolute Gasteiger partial charge is 0.462 e. The number of aliphatic imine (C=N–C) groups is 1. The second-order valence-corrected chi connectivity index (χ2v) is 5.38. The highest BCUT2D eigenvalue weighted by Gasteiger charge is 2.37. The first-order valence-corrected chi connectivity index (χ1v) is 7.66. The van der Waals surface area contributed by atoms with Crippen LogP contribution in [0.4, 0.5) is 0 Å². The molecule has 1 aromatic carbocycles. The summed E-state index contributed by atoms with van der Waals surface area (Å²) >= 11 is 0. The molecule has 1 amide bonds. The number of fused-ring (bicyclic) bond motifs is 1. The molecule has 0 radical (unpaired) electrons. The van der Waals surface area contributed by atoms with Crippen molar-refractivity contribution < 1.29 is 19.2 Å². The van der Waals surface area contributed by atoms with Crippen LogP contribution in [0.2, 0.25) is 0 Å². The molecule has 7 nitrogen and oxygen atoms in total. The van der Waals surface area contributed by atoms with E-state index in [2.05, 4.69) is 4.99 Å². The molecule has 0 spiro atoms. The molecule has 1 aliphatic carbocycles. The highest BCUT2D eigenvalue weighted by atomic mass is 16.6. The van der Waals surface area contributed by atoms with Crippen molar-refractivity contribution in [2.24, 2.45) is 10.9 Å². The maximum Gasteiger partial charge on any atom is 0.344 e. The van der Waals surface area contributed by atoms with Crippen LogP contribution in [0, 0.1) is 16.0 Å². The van der Waals surface area contributed by atoms with E-state index in [0.717, 1.165) is 0 Å². The van der Waals surface area contributed by atoms with Gasteiger partial charge in [0.05, 0.1) is 23.2 Å². The number of nitro groups is 1. The molecule has 3 rings (SSSR count). The van der Waals surface area contributed by atoms with Crippen LogP contribution in [0.3, 0.4) is 0 Å². The maximum absolute atomic E-state index is 12.4. The van der Waals surface area contributed by atoms with E-state index in [1.165, 1.54) is 18.2 Å². The van der Waals surface area contributed by atoms with E-state index in [0.29, 0.717) is 16.8 Å². The molecule has 1 unspecified atom stereocenters. The normalized spacial score (nSPS) is 19.1. The molecule has 0 saturated heterocycles. The molecule has 0 fully saturated rings. The minimum atomic E-state index is -0.778. The summed E-state index contributed by atoms with van der Waals surface area (Å²) in [4.78, 5) is 39.3. The highest BCUT2D eigenvalue weighted by molar-refractivity contribution is 6.30. The third-order valence-corrected chi connectivity index (χ3v) is 3.88. The number of nitrogens with zero attached hydrogens (tertiary/aromatic N) is 2. The van der Waals surface area contributed by atoms with Gasteiger partial charge in [-0.3, -0.25) is 14.9 Å². The fourth-order valence-electron chi connectivity index (χ4n) is 2.83. The minimum Gasteiger partial charge on any atom is -0.462 e. The number of carbonyl (C=O) groups excluding carboxylic acids is 2. The molecule has 1 aromatic rings. The molecule has 1 heterocycles. The van der Waals surface area contributed by atoms with E-state index >= 15 is 0 Å². The summed E-state index contributed by atoms with van der Waals surface area (Å²) in [5, 5.41) is 11.1. The van der Waals surface area contributed by atoms with Gasteiger partial charge in [0.2, 0.25) is 0 Å². The van der Waals surface area contributed by atoms with Gasteiger partial charge < -0.3 is 4.74 Å². The molecule has 0 saturated carbocycles. The zero-order chi connectivity index (χ0) is 18.0. The van der Waals surface area contributed by atoms with Gasteiger partial charge in [-0.15, -0.1) is 0 Å². The standard InChI is InChI=1S/C18H14N2O5/c1-2-25-18(22)16-15(11-6-4-3-5-7-11)13-10-12(20(23)24)8-9-14(13)19-17(16)21/h3-10,13H,2H2,1H3. The smallest absolute Gasteiger partial charge is 0.344 e. The van der Waals surface area contributed by atoms with Crippen LogP contribution in [-0.2, 0) is 14.3 Å². The first-order valence-electron chi connectivity index (χ1n) is 7.66. The van der Waals surface area contributed by atoms with Crippen LogP contribution >= 0.6 is 0 Å². The van der Waals surface area contributed by atoms with Gasteiger partial charge in [-0.25, -0.2) is 9.79 Å². The average Bonchev–Trinajstić information content (AvgIpc) is 2.61. The van der Waals surface area contributed by atoms with Gasteiger partial charge in [0.1, 0.15) is 5.57 Å². The molecule has 25 heavy (non-hydrogen) atoms. The molecular weight excluding hydrogens is 324 g/mol. The Morgan fingerprint density at radius 1 is 1.28 bits per heavy atom. The Kier molecular flexibility index (Phi) is 4.38. The van der Waals surface area contributed by atoms with Crippen molar-refractivity contribution in [1.82, 2.24) is 0 Å². The predicted octanol–water partition coefficient (Wildman–Crippen LogP) is 2.33. The van der Waals surface area contributed by atoms with Crippen LogP contribution < -0.4 is 0 Å². The second kappa shape index (κ2) is 6.64. The summed E-state index contributed by atoms with van der Waals surface area (Å²) in [6.07, 6.45) is 4.12. The Bertz CT molecular complexity index is 878. The lowest BCUT2D eigenvalue weighted by Crippen LogP contribution is -2.29. The number of hydrogen-bond donors (Lipinski definition) is 0. The molecule has 126 valence electrons. The first kappa shape index (κ1) is 16.5. The lowest BCUT2D eigenvalue weighted by molar-refractivity contribution is -0.419. The number of benzene rings is 1. The number of dihydropyridines is 1. The van der Waals surface area contributed by atoms with E-state index in [1.807, 2.05) is 0 Å². The molecule has 7 heteroatoms. The maximum atomic E-state index is 12.4. The van der Waals surface area contributed by atoms with Gasteiger partial charge in [0, 0.05) is 12.2 Å². The topological polar surface area (TPSA) is 98.9 Å². The van der Waals surface area contributed by atoms with Gasteiger partial charge in [-0.1, -0.05) is 30.3 Å². The molecular formula is C18H14N2O5. The summed E-state index contributed by atoms with van der Waals surface area (Å²) in [5.41, 5.74) is 1.05. The number of carbonyl (C=O) groups is 2. The van der Waals surface area contributed by atoms with Gasteiger partial charge in [-0.05, 0) is 24.1 Å². The third-order valence-electron chi connectivity index (χ3n) is 3.88. The van der Waals surface area contributed by atoms with Gasteiger partial charge in [0.25, 0.3) is 11.6 Å². The Labute approximate surface area is 143 Å². The van der Waals surface area contributed by atoms with E-state index in [9.17, 15) is 19.7 Å². The Balaban J connectivity index is 2.22. The predicted molar refractivity (Wildman–Crippen MR) is 90.1 cm³/mol. The number of allylic oxidation sites excluding steroid dienone is 4. The SMILES string of the molecule is CCOC(=O)C1=C(c2ccccc2)C2C=C([N+](=O)[O-])C=CC2=NC1=O. The summed E-state index contributed by atoms with van der Waals surface area (Å²) < 4.78 is 5.00. The highest BCUT2D eigenvalue weighted by Crippen LogP contribution is 2.36. The number of rotatable bonds is 4. The van der Waals surface area contributed by atoms with E-state index in [4.69, 9.17) is 4.74 Å². The molecule has 0 N–H and O–H groups in total. The lowest BCUT2D eigenvalue weighted by Gasteiger charge is -2.25. The van der Waals surface area contributed by atoms with Gasteiger partial charge >= 0.3 is 5.97 Å². The Morgan fingerprint density at radius 3 is 2.64 bits per heavy atom. The van der Waals surface area contributed by atoms with E-state index in [1.54, 1.807) is 37.3 Å². The average molecular weight is 338 g/mol. The van der Waals surface area contributed by atoms with Crippen LogP contribution in [0.25, 0.3) is 5.57 Å². The zero-order valence-corrected chi connectivity index (χ0v) is 13.3. The number of amides is 1. The fourth-order valence-corrected chi connectivity index (χ4v) is 2.83. The summed E-state index contributed by atoms with van der Waals surface area (Å²) in [7, 11) is 0. The van der Waals surface area contributed by atoms with Crippen molar-refractivity contribution in [2.45, 2.75) is 6.92 Å². The number of ether oxygens (including phenoxy) is 1. The second-order valence-electron chi connectivity index (χ2n) is 5.38. The molecule has 1 aliphatic heterocycles. The van der Waals surface area contributed by atoms with Crippen LogP contribution in [0.15, 0.2) is 64.8 Å². The number of esters is 1. The lowest BCUT2D eigenvalue weighted by atomic mass is 9.80. The zero-order valence-electron chi connectivity index (χ0n) is 13.3. The van der Waals surface area contributed by atoms with Crippen molar-refractivity contribution in [3.63, 3.8) is 0 Å². The quantitative estimate of drug-likeness (QED) is 0.363. The van der Waals surface area contributed by atoms with Gasteiger partial charge in [-0.2, -0.15) is 0 Å². The van der Waals surface area contributed by atoms with Crippen LogP contribution in [0.5, 0.6) is 0 Å². The van der Waals surface area contributed by atoms with Crippen molar-refractivity contribution in [2.75, 3.05) is 6.61 Å². The van der Waals surface area contributed by atoms with Gasteiger partial charge in [0.15, 0.2) is 0 Å². The van der Waals surface area contributed by atoms with Crippen LogP contribution in [-0.4, -0.2) is 29.1 Å². The van der Waals surface area contributed by atoms with Crippen LogP contribution in [0.1, 0.15) is 12.5 Å². The van der Waals surface area contributed by atoms with E-state index in [-0.39, 0.29) is 17.9 Å². The summed E-state index contributed by atoms with van der Waals surface area (Å²) in [6.45, 7) is 1.74. The first-order chi connectivity index (χ1) is 12.0. The van der Waals surface area contributed by atoms with Crippen molar-refractivity contribution in [1.29, 1.82) is 0 Å². The number of hydrogen-bond acceptors (Lipinski definition) is 5. The Morgan fingerprint density at radius 2 is 2.00 bits per heavy atom. The monoisotopic (exact) mass is 338 g/mol. The molecule has 0 bridgehead atoms. The molecule has 2 aliphatic rings. The van der Waals surface area contributed by atoms with Crippen molar-refractivity contribution in [3.05, 3.63) is 75.5 Å². The van der Waals surface area contributed by atoms with Crippen molar-refractivity contribution in [3.8, 4) is 0 Å². The minimum absolute atomic E-state index is 0.106.